The molecule has 108 valence electrons. The van der Waals surface area contributed by atoms with Crippen LogP contribution in [0.15, 0.2) is 18.2 Å². The van der Waals surface area contributed by atoms with E-state index in [2.05, 4.69) is 5.32 Å². The second-order valence-corrected chi connectivity index (χ2v) is 4.72. The van der Waals surface area contributed by atoms with Crippen LogP contribution in [-0.2, 0) is 0 Å². The number of carboxylic acid groups (broad SMARTS) is 1. The number of carbonyl (C=O) groups excluding carboxylic acids is 1. The van der Waals surface area contributed by atoms with E-state index < -0.39 is 5.97 Å². The zero-order chi connectivity index (χ0) is 14.7. The van der Waals surface area contributed by atoms with Gasteiger partial charge in [0.1, 0.15) is 12.2 Å². The summed E-state index contributed by atoms with van der Waals surface area (Å²) in [7, 11) is 0. The predicted molar refractivity (Wildman–Crippen MR) is 74.5 cm³/mol. The molecule has 1 atom stereocenters. The molecule has 2 rings (SSSR count). The molecule has 0 saturated heterocycles. The molecule has 1 aliphatic rings. The number of para-hydroxylation sites is 1. The Hall–Kier alpha value is -2.24. The summed E-state index contributed by atoms with van der Waals surface area (Å²) in [4.78, 5) is 24.9. The summed E-state index contributed by atoms with van der Waals surface area (Å²) in [6.45, 7) is 4.59. The third-order valence-electron chi connectivity index (χ3n) is 3.30. The molecule has 0 aromatic heterocycles. The van der Waals surface area contributed by atoms with Crippen molar-refractivity contribution in [3.8, 4) is 5.75 Å². The lowest BCUT2D eigenvalue weighted by atomic mass is 10.1. The summed E-state index contributed by atoms with van der Waals surface area (Å²) in [5, 5.41) is 12.0. The van der Waals surface area contributed by atoms with Gasteiger partial charge in [-0.05, 0) is 25.5 Å². The number of carboxylic acids is 1. The van der Waals surface area contributed by atoms with Crippen LogP contribution in [0.4, 0.5) is 10.5 Å². The number of amides is 2. The molecule has 6 nitrogen and oxygen atoms in total. The lowest BCUT2D eigenvalue weighted by Crippen LogP contribution is -2.47. The number of nitrogens with one attached hydrogen (secondary N) is 1. The molecule has 1 aromatic rings. The zero-order valence-corrected chi connectivity index (χ0v) is 11.5. The number of carbonyl (C=O) groups is 2. The van der Waals surface area contributed by atoms with E-state index in [9.17, 15) is 9.59 Å². The predicted octanol–water partition coefficient (Wildman–Crippen LogP) is 2.09. The highest BCUT2D eigenvalue weighted by Gasteiger charge is 2.27. The Kier molecular flexibility index (Phi) is 4.12. The second-order valence-electron chi connectivity index (χ2n) is 4.72. The van der Waals surface area contributed by atoms with Gasteiger partial charge in [0.2, 0.25) is 0 Å². The number of rotatable bonds is 3. The molecule has 0 bridgehead atoms. The molecule has 2 N–H and O–H groups in total. The normalized spacial score (nSPS) is 15.0. The van der Waals surface area contributed by atoms with Crippen molar-refractivity contribution in [3.63, 3.8) is 0 Å². The molecule has 1 unspecified atom stereocenters. The van der Waals surface area contributed by atoms with Gasteiger partial charge in [-0.2, -0.15) is 0 Å². The van der Waals surface area contributed by atoms with E-state index >= 15 is 0 Å². The Morgan fingerprint density at radius 2 is 2.25 bits per heavy atom. The van der Waals surface area contributed by atoms with Crippen molar-refractivity contribution >= 4 is 17.7 Å². The van der Waals surface area contributed by atoms with Crippen molar-refractivity contribution in [2.24, 2.45) is 0 Å². The minimum absolute atomic E-state index is 0.0662. The Labute approximate surface area is 117 Å². The number of hydrogen-bond acceptors (Lipinski definition) is 3. The molecule has 0 radical (unpaired) electrons. The first-order valence-corrected chi connectivity index (χ1v) is 6.61. The van der Waals surface area contributed by atoms with Gasteiger partial charge in [0.05, 0.1) is 12.2 Å². The van der Waals surface area contributed by atoms with E-state index in [1.807, 2.05) is 13.8 Å². The zero-order valence-electron chi connectivity index (χ0n) is 11.5. The maximum Gasteiger partial charge on any atom is 0.339 e. The molecule has 6 heteroatoms. The lowest BCUT2D eigenvalue weighted by Gasteiger charge is -2.31. The minimum atomic E-state index is -1.06. The van der Waals surface area contributed by atoms with Gasteiger partial charge in [0, 0.05) is 6.04 Å². The van der Waals surface area contributed by atoms with Gasteiger partial charge in [0.25, 0.3) is 0 Å². The van der Waals surface area contributed by atoms with Crippen molar-refractivity contribution in [2.45, 2.75) is 26.3 Å². The summed E-state index contributed by atoms with van der Waals surface area (Å²) in [5.74, 6) is -0.809. The number of aromatic carboxylic acids is 1. The quantitative estimate of drug-likeness (QED) is 0.887. The van der Waals surface area contributed by atoms with Crippen LogP contribution in [0.1, 0.15) is 30.6 Å². The molecule has 2 amide bonds. The third-order valence-corrected chi connectivity index (χ3v) is 3.30. The Balaban J connectivity index is 2.31. The molecular weight excluding hydrogens is 260 g/mol. The summed E-state index contributed by atoms with van der Waals surface area (Å²) in [6.07, 6.45) is 0.831. The van der Waals surface area contributed by atoms with Gasteiger partial charge < -0.3 is 15.2 Å². The van der Waals surface area contributed by atoms with Crippen LogP contribution in [0.5, 0.6) is 5.75 Å². The lowest BCUT2D eigenvalue weighted by molar-refractivity contribution is 0.0692. The van der Waals surface area contributed by atoms with Gasteiger partial charge in [-0.3, -0.25) is 4.90 Å². The number of fused-ring (bicyclic) bond motifs is 1. The second kappa shape index (κ2) is 5.81. The van der Waals surface area contributed by atoms with E-state index in [4.69, 9.17) is 9.84 Å². The molecule has 20 heavy (non-hydrogen) atoms. The van der Waals surface area contributed by atoms with Crippen LogP contribution in [0.3, 0.4) is 0 Å². The number of urea groups is 1. The van der Waals surface area contributed by atoms with Crippen molar-refractivity contribution in [2.75, 3.05) is 18.1 Å². The Morgan fingerprint density at radius 3 is 2.90 bits per heavy atom. The average molecular weight is 278 g/mol. The van der Waals surface area contributed by atoms with Gasteiger partial charge in [-0.25, -0.2) is 9.59 Å². The van der Waals surface area contributed by atoms with Crippen LogP contribution in [0.25, 0.3) is 0 Å². The molecule has 1 aromatic carbocycles. The number of benzene rings is 1. The third kappa shape index (κ3) is 2.68. The highest BCUT2D eigenvalue weighted by Crippen LogP contribution is 2.35. The Bertz CT molecular complexity index is 530. The van der Waals surface area contributed by atoms with Crippen LogP contribution < -0.4 is 15.0 Å². The molecule has 0 fully saturated rings. The smallest absolute Gasteiger partial charge is 0.339 e. The molecule has 1 heterocycles. The van der Waals surface area contributed by atoms with E-state index in [0.29, 0.717) is 12.2 Å². The SMILES string of the molecule is CCC(C)NC(=O)N1CCOc2c(C(=O)O)cccc21. The van der Waals surface area contributed by atoms with E-state index in [1.54, 1.807) is 12.1 Å². The maximum atomic E-state index is 12.2. The number of nitrogens with zero attached hydrogens (tertiary/aromatic N) is 1. The average Bonchev–Trinajstić information content (AvgIpc) is 2.45. The number of hydrogen-bond donors (Lipinski definition) is 2. The van der Waals surface area contributed by atoms with Gasteiger partial charge in [-0.1, -0.05) is 13.0 Å². The van der Waals surface area contributed by atoms with E-state index in [0.717, 1.165) is 6.42 Å². The molecule has 1 aliphatic heterocycles. The highest BCUT2D eigenvalue weighted by atomic mass is 16.5. The van der Waals surface area contributed by atoms with Crippen LogP contribution >= 0.6 is 0 Å². The fourth-order valence-corrected chi connectivity index (χ4v) is 2.02. The van der Waals surface area contributed by atoms with Crippen molar-refractivity contribution in [1.29, 1.82) is 0 Å². The number of ether oxygens (including phenoxy) is 1. The van der Waals surface area contributed by atoms with Crippen LogP contribution in [0, 0.1) is 0 Å². The summed E-state index contributed by atoms with van der Waals surface area (Å²) >= 11 is 0. The molecule has 0 spiro atoms. The number of anilines is 1. The summed E-state index contributed by atoms with van der Waals surface area (Å²) in [5.41, 5.74) is 0.570. The first-order valence-electron chi connectivity index (χ1n) is 6.61. The van der Waals surface area contributed by atoms with Gasteiger partial charge in [0.15, 0.2) is 5.75 Å². The fraction of sp³-hybridized carbons (Fsp3) is 0.429. The molecular formula is C14H18N2O4. The maximum absolute atomic E-state index is 12.2. The van der Waals surface area contributed by atoms with Crippen molar-refractivity contribution < 1.29 is 19.4 Å². The van der Waals surface area contributed by atoms with E-state index in [1.165, 1.54) is 11.0 Å². The fourth-order valence-electron chi connectivity index (χ4n) is 2.02. The molecule has 0 aliphatic carbocycles. The summed E-state index contributed by atoms with van der Waals surface area (Å²) in [6, 6.07) is 4.61. The Morgan fingerprint density at radius 1 is 1.50 bits per heavy atom. The van der Waals surface area contributed by atoms with Gasteiger partial charge >= 0.3 is 12.0 Å². The van der Waals surface area contributed by atoms with Crippen LogP contribution in [0.2, 0.25) is 0 Å². The first kappa shape index (κ1) is 14.2. The van der Waals surface area contributed by atoms with Gasteiger partial charge in [-0.15, -0.1) is 0 Å². The van der Waals surface area contributed by atoms with E-state index in [-0.39, 0.29) is 30.0 Å². The monoisotopic (exact) mass is 278 g/mol. The van der Waals surface area contributed by atoms with Crippen molar-refractivity contribution in [1.82, 2.24) is 5.32 Å². The van der Waals surface area contributed by atoms with Crippen LogP contribution in [-0.4, -0.2) is 36.3 Å². The largest absolute Gasteiger partial charge is 0.489 e. The highest BCUT2D eigenvalue weighted by molar-refractivity contribution is 5.99. The summed E-state index contributed by atoms with van der Waals surface area (Å²) < 4.78 is 5.43. The standard InChI is InChI=1S/C14H18N2O4/c1-3-9(2)15-14(19)16-7-8-20-12-10(13(17)18)5-4-6-11(12)16/h4-6,9H,3,7-8H2,1-2H3,(H,15,19)(H,17,18). The molecule has 0 saturated carbocycles. The first-order chi connectivity index (χ1) is 9.54. The van der Waals surface area contributed by atoms with Crippen molar-refractivity contribution in [3.05, 3.63) is 23.8 Å². The minimum Gasteiger partial charge on any atom is -0.489 e. The topological polar surface area (TPSA) is 78.9 Å².